The zero-order valence-electron chi connectivity index (χ0n) is 8.54. The molecule has 0 saturated carbocycles. The van der Waals surface area contributed by atoms with Crippen LogP contribution in [0.5, 0.6) is 0 Å². The number of rotatable bonds is 2. The Morgan fingerprint density at radius 3 is 1.92 bits per heavy atom. The first-order chi connectivity index (χ1) is 5.79. The summed E-state index contributed by atoms with van der Waals surface area (Å²) in [5, 5.41) is 0. The third-order valence-corrected chi connectivity index (χ3v) is 1.34. The van der Waals surface area contributed by atoms with E-state index in [2.05, 4.69) is 43.3 Å². The number of benzene rings is 1. The molecule has 0 aromatic heterocycles. The fourth-order valence-electron chi connectivity index (χ4n) is 0.949. The Balaban J connectivity index is 0.000000561. The van der Waals surface area contributed by atoms with Gasteiger partial charge in [0.15, 0.2) is 0 Å². The summed E-state index contributed by atoms with van der Waals surface area (Å²) >= 11 is 0. The van der Waals surface area contributed by atoms with Crippen LogP contribution in [-0.4, -0.2) is 19.0 Å². The maximum absolute atomic E-state index is 2.16. The molecule has 1 rings (SSSR count). The van der Waals surface area contributed by atoms with Gasteiger partial charge in [0.25, 0.3) is 0 Å². The molecule has 0 radical (unpaired) electrons. The Morgan fingerprint density at radius 1 is 1.00 bits per heavy atom. The average Bonchev–Trinajstić information content (AvgIpc) is 2.08. The quantitative estimate of drug-likeness (QED) is 0.651. The van der Waals surface area contributed by atoms with E-state index in [1.807, 2.05) is 19.9 Å². The van der Waals surface area contributed by atoms with Crippen LogP contribution in [0.2, 0.25) is 0 Å². The van der Waals surface area contributed by atoms with Crippen molar-refractivity contribution < 1.29 is 0 Å². The first-order valence-electron chi connectivity index (χ1n) is 4.47. The van der Waals surface area contributed by atoms with Gasteiger partial charge in [0.05, 0.1) is 0 Å². The molecule has 1 aromatic carbocycles. The molecule has 0 N–H and O–H groups in total. The summed E-state index contributed by atoms with van der Waals surface area (Å²) in [4.78, 5) is 2.16. The van der Waals surface area contributed by atoms with Crippen molar-refractivity contribution in [2.75, 3.05) is 14.1 Å². The molecule has 0 heterocycles. The van der Waals surface area contributed by atoms with Crippen LogP contribution in [0.1, 0.15) is 19.4 Å². The smallest absolute Gasteiger partial charge is 0.0227 e. The highest BCUT2D eigenvalue weighted by molar-refractivity contribution is 5.14. The van der Waals surface area contributed by atoms with E-state index in [9.17, 15) is 0 Å². The van der Waals surface area contributed by atoms with Crippen molar-refractivity contribution in [3.8, 4) is 0 Å². The second-order valence-electron chi connectivity index (χ2n) is 2.72. The van der Waals surface area contributed by atoms with Gasteiger partial charge in [-0.05, 0) is 19.7 Å². The van der Waals surface area contributed by atoms with Crippen molar-refractivity contribution in [2.45, 2.75) is 20.4 Å². The number of hydrogen-bond donors (Lipinski definition) is 0. The topological polar surface area (TPSA) is 3.24 Å². The molecular formula is C11H19N. The summed E-state index contributed by atoms with van der Waals surface area (Å²) in [6.45, 7) is 5.03. The molecule has 0 aliphatic carbocycles. The predicted octanol–water partition coefficient (Wildman–Crippen LogP) is 2.77. The van der Waals surface area contributed by atoms with E-state index in [-0.39, 0.29) is 0 Å². The van der Waals surface area contributed by atoms with E-state index in [0.29, 0.717) is 0 Å². The van der Waals surface area contributed by atoms with Crippen LogP contribution in [0.3, 0.4) is 0 Å². The highest BCUT2D eigenvalue weighted by Gasteiger charge is 1.90. The number of hydrogen-bond acceptors (Lipinski definition) is 1. The maximum Gasteiger partial charge on any atom is 0.0227 e. The van der Waals surface area contributed by atoms with Crippen LogP contribution in [0.4, 0.5) is 0 Å². The molecule has 1 aromatic rings. The molecule has 0 aliphatic heterocycles. The van der Waals surface area contributed by atoms with Crippen LogP contribution in [0, 0.1) is 0 Å². The standard InChI is InChI=1S/C9H13N.C2H6/c1-10(2)8-9-6-4-3-5-7-9;1-2/h3-7H,8H2,1-2H3;1-2H3. The first-order valence-corrected chi connectivity index (χ1v) is 4.47. The summed E-state index contributed by atoms with van der Waals surface area (Å²) in [6.07, 6.45) is 0. The second kappa shape index (κ2) is 6.86. The van der Waals surface area contributed by atoms with Crippen molar-refractivity contribution in [2.24, 2.45) is 0 Å². The Labute approximate surface area is 76.0 Å². The van der Waals surface area contributed by atoms with Crippen LogP contribution in [0.25, 0.3) is 0 Å². The highest BCUT2D eigenvalue weighted by atomic mass is 15.0. The van der Waals surface area contributed by atoms with Gasteiger partial charge in [0.1, 0.15) is 0 Å². The predicted molar refractivity (Wildman–Crippen MR) is 55.2 cm³/mol. The Bertz CT molecular complexity index is 179. The monoisotopic (exact) mass is 165 g/mol. The minimum absolute atomic E-state index is 1.03. The van der Waals surface area contributed by atoms with E-state index < -0.39 is 0 Å². The van der Waals surface area contributed by atoms with Gasteiger partial charge in [-0.25, -0.2) is 0 Å². The Kier molecular flexibility index (Phi) is 6.39. The Hall–Kier alpha value is -0.820. The van der Waals surface area contributed by atoms with E-state index in [0.717, 1.165) is 6.54 Å². The SMILES string of the molecule is CC.CN(C)Cc1ccccc1. The van der Waals surface area contributed by atoms with Crippen molar-refractivity contribution in [1.82, 2.24) is 4.90 Å². The minimum atomic E-state index is 1.03. The summed E-state index contributed by atoms with van der Waals surface area (Å²) in [5.41, 5.74) is 1.37. The molecule has 0 bridgehead atoms. The number of nitrogens with zero attached hydrogens (tertiary/aromatic N) is 1. The lowest BCUT2D eigenvalue weighted by molar-refractivity contribution is 0.402. The van der Waals surface area contributed by atoms with Gasteiger partial charge in [0, 0.05) is 6.54 Å². The lowest BCUT2D eigenvalue weighted by atomic mass is 10.2. The van der Waals surface area contributed by atoms with Crippen molar-refractivity contribution in [1.29, 1.82) is 0 Å². The molecule has 1 heteroatoms. The molecule has 0 amide bonds. The normalized spacial score (nSPS) is 9.08. The second-order valence-corrected chi connectivity index (χ2v) is 2.72. The largest absolute Gasteiger partial charge is 0.305 e. The van der Waals surface area contributed by atoms with E-state index in [1.165, 1.54) is 5.56 Å². The highest BCUT2D eigenvalue weighted by Crippen LogP contribution is 1.99. The van der Waals surface area contributed by atoms with E-state index in [1.54, 1.807) is 0 Å². The minimum Gasteiger partial charge on any atom is -0.305 e. The molecule has 68 valence electrons. The summed E-state index contributed by atoms with van der Waals surface area (Å²) in [6, 6.07) is 10.5. The molecule has 0 fully saturated rings. The summed E-state index contributed by atoms with van der Waals surface area (Å²) < 4.78 is 0. The molecule has 0 saturated heterocycles. The summed E-state index contributed by atoms with van der Waals surface area (Å²) in [7, 11) is 4.15. The van der Waals surface area contributed by atoms with Crippen LogP contribution in [0.15, 0.2) is 30.3 Å². The lowest BCUT2D eigenvalue weighted by Crippen LogP contribution is -2.10. The Morgan fingerprint density at radius 2 is 1.50 bits per heavy atom. The van der Waals surface area contributed by atoms with Gasteiger partial charge >= 0.3 is 0 Å². The van der Waals surface area contributed by atoms with Crippen molar-refractivity contribution in [3.63, 3.8) is 0 Å². The van der Waals surface area contributed by atoms with Crippen LogP contribution >= 0.6 is 0 Å². The molecule has 0 spiro atoms. The van der Waals surface area contributed by atoms with Crippen LogP contribution < -0.4 is 0 Å². The molecule has 1 nitrogen and oxygen atoms in total. The third-order valence-electron chi connectivity index (χ3n) is 1.34. The van der Waals surface area contributed by atoms with Gasteiger partial charge in [-0.15, -0.1) is 0 Å². The molecular weight excluding hydrogens is 146 g/mol. The van der Waals surface area contributed by atoms with E-state index >= 15 is 0 Å². The average molecular weight is 165 g/mol. The lowest BCUT2D eigenvalue weighted by Gasteiger charge is -2.08. The zero-order valence-corrected chi connectivity index (χ0v) is 8.54. The zero-order chi connectivity index (χ0) is 9.40. The van der Waals surface area contributed by atoms with Crippen molar-refractivity contribution >= 4 is 0 Å². The fourth-order valence-corrected chi connectivity index (χ4v) is 0.949. The first kappa shape index (κ1) is 11.2. The van der Waals surface area contributed by atoms with Gasteiger partial charge in [0.2, 0.25) is 0 Å². The van der Waals surface area contributed by atoms with Gasteiger partial charge in [-0.2, -0.15) is 0 Å². The van der Waals surface area contributed by atoms with Gasteiger partial charge in [-0.1, -0.05) is 44.2 Å². The molecule has 0 unspecified atom stereocenters. The fraction of sp³-hybridized carbons (Fsp3) is 0.455. The third kappa shape index (κ3) is 4.91. The van der Waals surface area contributed by atoms with E-state index in [4.69, 9.17) is 0 Å². The molecule has 0 aliphatic rings. The van der Waals surface area contributed by atoms with Crippen LogP contribution in [-0.2, 0) is 6.54 Å². The van der Waals surface area contributed by atoms with Gasteiger partial charge < -0.3 is 4.90 Å². The molecule has 12 heavy (non-hydrogen) atoms. The molecule has 0 atom stereocenters. The van der Waals surface area contributed by atoms with Crippen molar-refractivity contribution in [3.05, 3.63) is 35.9 Å². The van der Waals surface area contributed by atoms with Gasteiger partial charge in [-0.3, -0.25) is 0 Å². The maximum atomic E-state index is 2.16. The summed E-state index contributed by atoms with van der Waals surface area (Å²) in [5.74, 6) is 0.